The fourth-order valence-corrected chi connectivity index (χ4v) is 2.76. The van der Waals surface area contributed by atoms with Gasteiger partial charge in [0.1, 0.15) is 5.75 Å². The number of aliphatic carboxylic acids is 1. The lowest BCUT2D eigenvalue weighted by atomic mass is 9.88. The Morgan fingerprint density at radius 1 is 1.00 bits per heavy atom. The van der Waals surface area contributed by atoms with Crippen molar-refractivity contribution < 1.29 is 34.7 Å². The van der Waals surface area contributed by atoms with E-state index in [9.17, 15) is 25.2 Å². The molecule has 2 atom stereocenters. The van der Waals surface area contributed by atoms with Gasteiger partial charge in [-0.3, -0.25) is 4.79 Å². The van der Waals surface area contributed by atoms with Crippen LogP contribution in [-0.2, 0) is 9.53 Å². The first-order chi connectivity index (χ1) is 12.6. The van der Waals surface area contributed by atoms with Gasteiger partial charge in [-0.05, 0) is 29.4 Å². The molecule has 1 aliphatic rings. The normalized spacial score (nSPS) is 25.0. The van der Waals surface area contributed by atoms with Gasteiger partial charge < -0.3 is 29.9 Å². The molecule has 1 saturated heterocycles. The second kappa shape index (κ2) is 9.88. The minimum Gasteiger partial charge on any atom is -0.481 e. The molecule has 0 aliphatic carbocycles. The quantitative estimate of drug-likeness (QED) is 0.572. The molecule has 1 fully saturated rings. The first kappa shape index (κ1) is 19.9. The summed E-state index contributed by atoms with van der Waals surface area (Å²) >= 11 is 0. The van der Waals surface area contributed by atoms with Crippen LogP contribution in [0.5, 0.6) is 5.75 Å². The minimum atomic E-state index is -1.07. The summed E-state index contributed by atoms with van der Waals surface area (Å²) in [7, 11) is 0. The largest absolute Gasteiger partial charge is 0.481 e. The highest BCUT2D eigenvalue weighted by molar-refractivity contribution is 5.69. The number of carboxylic acid groups (broad SMARTS) is 1. The Hall–Kier alpha value is -2.45. The molecule has 7 heteroatoms. The van der Waals surface area contributed by atoms with Gasteiger partial charge in [0.15, 0.2) is 0 Å². The molecule has 4 N–H and O–H groups in total. The van der Waals surface area contributed by atoms with Gasteiger partial charge in [-0.25, -0.2) is 0 Å². The Labute approximate surface area is 151 Å². The molecule has 2 rings (SSSR count). The highest BCUT2D eigenvalue weighted by Crippen LogP contribution is 2.36. The molecule has 26 heavy (non-hydrogen) atoms. The monoisotopic (exact) mass is 362 g/mol. The van der Waals surface area contributed by atoms with Crippen molar-refractivity contribution in [3.8, 4) is 5.75 Å². The fourth-order valence-electron chi connectivity index (χ4n) is 2.76. The SMILES string of the molecule is O=C(O)CC1OC(Oc2ccccc2)C(=CCO)C(=CCO)C1=CCO. The van der Waals surface area contributed by atoms with E-state index in [2.05, 4.69) is 0 Å². The van der Waals surface area contributed by atoms with Gasteiger partial charge >= 0.3 is 5.97 Å². The standard InChI is InChI=1S/C19H22O7/c20-9-6-14-15(7-10-21)17(12-18(23)24)26-19(16(14)8-11-22)25-13-4-2-1-3-5-13/h1-8,17,19-22H,9-12H2,(H,23,24). The van der Waals surface area contributed by atoms with Gasteiger partial charge in [0.2, 0.25) is 6.29 Å². The van der Waals surface area contributed by atoms with Gasteiger partial charge in [0.25, 0.3) is 0 Å². The van der Waals surface area contributed by atoms with Crippen molar-refractivity contribution in [2.45, 2.75) is 18.8 Å². The molecule has 7 nitrogen and oxygen atoms in total. The second-order valence-electron chi connectivity index (χ2n) is 5.47. The Morgan fingerprint density at radius 2 is 1.62 bits per heavy atom. The Balaban J connectivity index is 2.46. The summed E-state index contributed by atoms with van der Waals surface area (Å²) in [4.78, 5) is 11.2. The summed E-state index contributed by atoms with van der Waals surface area (Å²) < 4.78 is 11.7. The maximum Gasteiger partial charge on any atom is 0.306 e. The van der Waals surface area contributed by atoms with Crippen molar-refractivity contribution in [2.75, 3.05) is 19.8 Å². The molecule has 0 aromatic heterocycles. The van der Waals surface area contributed by atoms with Gasteiger partial charge in [0, 0.05) is 5.57 Å². The summed E-state index contributed by atoms with van der Waals surface area (Å²) in [6.45, 7) is -0.932. The number of aliphatic hydroxyl groups excluding tert-OH is 3. The van der Waals surface area contributed by atoms with E-state index >= 15 is 0 Å². The summed E-state index contributed by atoms with van der Waals surface area (Å²) in [5, 5.41) is 37.2. The maximum atomic E-state index is 11.2. The van der Waals surface area contributed by atoms with Gasteiger partial charge in [-0.2, -0.15) is 0 Å². The molecule has 1 heterocycles. The number of hydrogen-bond donors (Lipinski definition) is 4. The van der Waals surface area contributed by atoms with E-state index < -0.39 is 18.4 Å². The minimum absolute atomic E-state index is 0.299. The van der Waals surface area contributed by atoms with Crippen LogP contribution in [0, 0.1) is 0 Å². The molecular formula is C19H22O7. The lowest BCUT2D eigenvalue weighted by Gasteiger charge is -2.36. The zero-order valence-electron chi connectivity index (χ0n) is 14.1. The third-order valence-corrected chi connectivity index (χ3v) is 3.77. The summed E-state index contributed by atoms with van der Waals surface area (Å²) in [6.07, 6.45) is 2.19. The lowest BCUT2D eigenvalue weighted by molar-refractivity contribution is -0.144. The predicted octanol–water partition coefficient (Wildman–Crippen LogP) is 1.02. The number of benzene rings is 1. The van der Waals surface area contributed by atoms with Crippen molar-refractivity contribution in [3.05, 3.63) is 65.3 Å². The van der Waals surface area contributed by atoms with Crippen LogP contribution in [0.3, 0.4) is 0 Å². The fraction of sp³-hybridized carbons (Fsp3) is 0.316. The molecular weight excluding hydrogens is 340 g/mol. The van der Waals surface area contributed by atoms with Crippen LogP contribution < -0.4 is 4.74 Å². The van der Waals surface area contributed by atoms with E-state index in [4.69, 9.17) is 9.47 Å². The zero-order chi connectivity index (χ0) is 18.9. The van der Waals surface area contributed by atoms with Crippen LogP contribution in [-0.4, -0.2) is 58.6 Å². The van der Waals surface area contributed by atoms with E-state index in [1.807, 2.05) is 6.07 Å². The number of carboxylic acids is 1. The van der Waals surface area contributed by atoms with Crippen LogP contribution >= 0.6 is 0 Å². The Bertz CT molecular complexity index is 691. The molecule has 1 aromatic rings. The summed E-state index contributed by atoms with van der Waals surface area (Å²) in [5.74, 6) is -0.566. The van der Waals surface area contributed by atoms with E-state index in [-0.39, 0.29) is 26.2 Å². The molecule has 0 saturated carbocycles. The van der Waals surface area contributed by atoms with E-state index in [1.54, 1.807) is 24.3 Å². The lowest BCUT2D eigenvalue weighted by Crippen LogP contribution is -2.38. The number of ether oxygens (including phenoxy) is 2. The second-order valence-corrected chi connectivity index (χ2v) is 5.47. The third-order valence-electron chi connectivity index (χ3n) is 3.77. The van der Waals surface area contributed by atoms with Crippen LogP contribution in [0.2, 0.25) is 0 Å². The van der Waals surface area contributed by atoms with Gasteiger partial charge in [-0.15, -0.1) is 0 Å². The molecule has 0 spiro atoms. The zero-order valence-corrected chi connectivity index (χ0v) is 14.1. The average Bonchev–Trinajstić information content (AvgIpc) is 2.61. The van der Waals surface area contributed by atoms with Gasteiger partial charge in [-0.1, -0.05) is 30.4 Å². The molecule has 1 aliphatic heterocycles. The molecule has 140 valence electrons. The van der Waals surface area contributed by atoms with E-state index in [1.165, 1.54) is 18.2 Å². The van der Waals surface area contributed by atoms with Gasteiger partial charge in [0.05, 0.1) is 32.3 Å². The Morgan fingerprint density at radius 3 is 2.19 bits per heavy atom. The number of para-hydroxylation sites is 1. The van der Waals surface area contributed by atoms with Crippen molar-refractivity contribution in [3.63, 3.8) is 0 Å². The topological polar surface area (TPSA) is 116 Å². The van der Waals surface area contributed by atoms with E-state index in [0.717, 1.165) is 0 Å². The van der Waals surface area contributed by atoms with Crippen molar-refractivity contribution in [1.29, 1.82) is 0 Å². The van der Waals surface area contributed by atoms with Crippen molar-refractivity contribution in [1.82, 2.24) is 0 Å². The predicted molar refractivity (Wildman–Crippen MR) is 93.5 cm³/mol. The molecule has 0 radical (unpaired) electrons. The highest BCUT2D eigenvalue weighted by Gasteiger charge is 2.36. The smallest absolute Gasteiger partial charge is 0.306 e. The number of hydrogen-bond acceptors (Lipinski definition) is 6. The Kier molecular flexibility index (Phi) is 7.55. The molecule has 0 amide bonds. The van der Waals surface area contributed by atoms with E-state index in [0.29, 0.717) is 22.5 Å². The summed E-state index contributed by atoms with van der Waals surface area (Å²) in [6, 6.07) is 8.83. The maximum absolute atomic E-state index is 11.2. The van der Waals surface area contributed by atoms with Crippen LogP contribution in [0.25, 0.3) is 0 Å². The number of aliphatic hydroxyl groups is 3. The third kappa shape index (κ3) is 5.03. The van der Waals surface area contributed by atoms with Crippen LogP contribution in [0.1, 0.15) is 6.42 Å². The summed E-state index contributed by atoms with van der Waals surface area (Å²) in [5.41, 5.74) is 1.36. The average molecular weight is 362 g/mol. The van der Waals surface area contributed by atoms with Crippen molar-refractivity contribution >= 4 is 5.97 Å². The highest BCUT2D eigenvalue weighted by atomic mass is 16.7. The van der Waals surface area contributed by atoms with Crippen LogP contribution in [0.4, 0.5) is 0 Å². The molecule has 1 aromatic carbocycles. The number of rotatable bonds is 7. The van der Waals surface area contributed by atoms with Crippen LogP contribution in [0.15, 0.2) is 65.3 Å². The first-order valence-electron chi connectivity index (χ1n) is 8.13. The first-order valence-corrected chi connectivity index (χ1v) is 8.13. The molecule has 2 unspecified atom stereocenters. The molecule has 0 bridgehead atoms. The van der Waals surface area contributed by atoms with Crippen molar-refractivity contribution in [2.24, 2.45) is 0 Å². The number of carbonyl (C=O) groups is 1.